The highest BCUT2D eigenvalue weighted by atomic mass is 16.5. The number of ether oxygens (including phenoxy) is 4. The van der Waals surface area contributed by atoms with E-state index in [0.717, 1.165) is 38.5 Å². The van der Waals surface area contributed by atoms with Crippen LogP contribution < -0.4 is 0 Å². The van der Waals surface area contributed by atoms with E-state index in [-0.39, 0.29) is 37.2 Å². The highest BCUT2D eigenvalue weighted by molar-refractivity contribution is 5.78. The van der Waals surface area contributed by atoms with Crippen molar-refractivity contribution in [3.05, 3.63) is 24.3 Å². The third-order valence-corrected chi connectivity index (χ3v) is 7.35. The molecule has 1 aliphatic heterocycles. The van der Waals surface area contributed by atoms with Crippen LogP contribution in [0.4, 0.5) is 0 Å². The molecule has 1 heterocycles. The van der Waals surface area contributed by atoms with Gasteiger partial charge in [0.1, 0.15) is 6.61 Å². The van der Waals surface area contributed by atoms with E-state index in [1.165, 1.54) is 38.5 Å². The lowest BCUT2D eigenvalue weighted by Gasteiger charge is -2.37. The fourth-order valence-corrected chi connectivity index (χ4v) is 4.84. The van der Waals surface area contributed by atoms with Gasteiger partial charge >= 0.3 is 5.97 Å². The second-order valence-electron chi connectivity index (χ2n) is 10.7. The topological polar surface area (TPSA) is 77.5 Å². The molecule has 1 saturated heterocycles. The van der Waals surface area contributed by atoms with Gasteiger partial charge in [-0.1, -0.05) is 63.3 Å². The predicted molar refractivity (Wildman–Crippen MR) is 161 cm³/mol. The lowest BCUT2D eigenvalue weighted by Crippen LogP contribution is -2.51. The smallest absolute Gasteiger partial charge is 0.305 e. The van der Waals surface area contributed by atoms with Gasteiger partial charge in [0.15, 0.2) is 0 Å². The average Bonchev–Trinajstić information content (AvgIpc) is 2.96. The van der Waals surface area contributed by atoms with Crippen molar-refractivity contribution in [1.82, 2.24) is 9.80 Å². The van der Waals surface area contributed by atoms with Crippen molar-refractivity contribution in [2.75, 3.05) is 67.3 Å². The average molecular weight is 567 g/mol. The van der Waals surface area contributed by atoms with Crippen molar-refractivity contribution in [1.29, 1.82) is 0 Å². The minimum absolute atomic E-state index is 0.00609. The van der Waals surface area contributed by atoms with Gasteiger partial charge in [0.05, 0.1) is 31.9 Å². The SMILES string of the molecule is CCCCC/C=C\C/C=C\CCCCCCCC(=O)OCCN(CCOC)C(=O)CN1CC(OC)CC(OC)C1. The Morgan fingerprint density at radius 2 is 1.40 bits per heavy atom. The van der Waals surface area contributed by atoms with Gasteiger partial charge in [0.2, 0.25) is 5.91 Å². The van der Waals surface area contributed by atoms with Crippen LogP contribution in [0.1, 0.15) is 90.4 Å². The van der Waals surface area contributed by atoms with E-state index in [9.17, 15) is 9.59 Å². The number of piperidine rings is 1. The summed E-state index contributed by atoms with van der Waals surface area (Å²) < 4.78 is 21.7. The molecule has 2 unspecified atom stereocenters. The summed E-state index contributed by atoms with van der Waals surface area (Å²) in [5.41, 5.74) is 0. The van der Waals surface area contributed by atoms with E-state index in [1.54, 1.807) is 26.2 Å². The number of hydrogen-bond donors (Lipinski definition) is 0. The molecule has 0 N–H and O–H groups in total. The van der Waals surface area contributed by atoms with Gasteiger partial charge in [-0.05, 0) is 38.5 Å². The predicted octanol–water partition coefficient (Wildman–Crippen LogP) is 5.55. The zero-order chi connectivity index (χ0) is 29.3. The van der Waals surface area contributed by atoms with Crippen molar-refractivity contribution in [3.63, 3.8) is 0 Å². The molecule has 1 fully saturated rings. The maximum atomic E-state index is 13.0. The van der Waals surface area contributed by atoms with Crippen molar-refractivity contribution in [3.8, 4) is 0 Å². The highest BCUT2D eigenvalue weighted by Crippen LogP contribution is 2.16. The highest BCUT2D eigenvalue weighted by Gasteiger charge is 2.29. The van der Waals surface area contributed by atoms with Gasteiger partial charge in [0.25, 0.3) is 0 Å². The number of unbranched alkanes of at least 4 members (excludes halogenated alkanes) is 8. The zero-order valence-electron chi connectivity index (χ0n) is 26.0. The van der Waals surface area contributed by atoms with E-state index in [2.05, 4.69) is 36.1 Å². The fourth-order valence-electron chi connectivity index (χ4n) is 4.84. The fraction of sp³-hybridized carbons (Fsp3) is 0.812. The zero-order valence-corrected chi connectivity index (χ0v) is 26.0. The molecule has 8 nitrogen and oxygen atoms in total. The normalized spacial score (nSPS) is 18.1. The van der Waals surface area contributed by atoms with Crippen LogP contribution in [-0.4, -0.2) is 101 Å². The first-order valence-electron chi connectivity index (χ1n) is 15.5. The summed E-state index contributed by atoms with van der Waals surface area (Å²) in [5.74, 6) is -0.194. The number of carbonyl (C=O) groups is 2. The van der Waals surface area contributed by atoms with Gasteiger partial charge in [-0.25, -0.2) is 0 Å². The quantitative estimate of drug-likeness (QED) is 0.0861. The Morgan fingerprint density at radius 3 is 2.02 bits per heavy atom. The molecular formula is C32H58N2O6. The second kappa shape index (κ2) is 25.0. The standard InChI is InChI=1S/C32H58N2O6/c1-5-6-7-8-9-10-11-12-13-14-15-16-17-18-19-20-32(36)40-24-22-34(21-23-37-2)31(35)28-33-26-29(38-3)25-30(27-33)39-4/h9-10,12-13,29-30H,5-8,11,14-28H2,1-4H3/b10-9-,13-12-. The lowest BCUT2D eigenvalue weighted by molar-refractivity contribution is -0.146. The van der Waals surface area contributed by atoms with Gasteiger partial charge in [-0.3, -0.25) is 14.5 Å². The summed E-state index contributed by atoms with van der Waals surface area (Å²) >= 11 is 0. The number of hydrogen-bond acceptors (Lipinski definition) is 7. The van der Waals surface area contributed by atoms with Crippen molar-refractivity contribution in [2.24, 2.45) is 0 Å². The molecule has 2 atom stereocenters. The number of allylic oxidation sites excluding steroid dienone is 4. The monoisotopic (exact) mass is 566 g/mol. The molecule has 0 aromatic carbocycles. The van der Waals surface area contributed by atoms with E-state index in [4.69, 9.17) is 18.9 Å². The number of likely N-dealkylation sites (tertiary alicyclic amines) is 1. The summed E-state index contributed by atoms with van der Waals surface area (Å²) in [6, 6.07) is 0. The molecular weight excluding hydrogens is 508 g/mol. The van der Waals surface area contributed by atoms with Gasteiger partial charge in [-0.2, -0.15) is 0 Å². The van der Waals surface area contributed by atoms with Crippen LogP contribution in [0.25, 0.3) is 0 Å². The summed E-state index contributed by atoms with van der Waals surface area (Å²) in [5, 5.41) is 0. The van der Waals surface area contributed by atoms with Gasteiger partial charge in [-0.15, -0.1) is 0 Å². The second-order valence-corrected chi connectivity index (χ2v) is 10.7. The van der Waals surface area contributed by atoms with E-state index >= 15 is 0 Å². The molecule has 0 bridgehead atoms. The van der Waals surface area contributed by atoms with E-state index in [0.29, 0.717) is 39.2 Å². The Bertz CT molecular complexity index is 687. The number of carbonyl (C=O) groups excluding carboxylic acids is 2. The Morgan fingerprint density at radius 1 is 0.800 bits per heavy atom. The maximum Gasteiger partial charge on any atom is 0.305 e. The third kappa shape index (κ3) is 18.6. The van der Waals surface area contributed by atoms with Crippen LogP contribution in [0.15, 0.2) is 24.3 Å². The van der Waals surface area contributed by atoms with Crippen LogP contribution in [0.3, 0.4) is 0 Å². The molecule has 0 aliphatic carbocycles. The third-order valence-electron chi connectivity index (χ3n) is 7.35. The summed E-state index contributed by atoms with van der Waals surface area (Å²) in [6.07, 6.45) is 23.2. The number of esters is 1. The van der Waals surface area contributed by atoms with Crippen LogP contribution >= 0.6 is 0 Å². The molecule has 0 saturated carbocycles. The molecule has 232 valence electrons. The van der Waals surface area contributed by atoms with Crippen molar-refractivity contribution < 1.29 is 28.5 Å². The first-order valence-corrected chi connectivity index (χ1v) is 15.5. The Kier molecular flexibility index (Phi) is 22.7. The van der Waals surface area contributed by atoms with E-state index < -0.39 is 0 Å². The van der Waals surface area contributed by atoms with Crippen molar-refractivity contribution >= 4 is 11.9 Å². The largest absolute Gasteiger partial charge is 0.464 e. The molecule has 8 heteroatoms. The molecule has 0 aromatic heterocycles. The molecule has 1 amide bonds. The molecule has 1 aliphatic rings. The Hall–Kier alpha value is -1.74. The van der Waals surface area contributed by atoms with Crippen LogP contribution in [-0.2, 0) is 28.5 Å². The Labute approximate surface area is 244 Å². The minimum atomic E-state index is -0.188. The summed E-state index contributed by atoms with van der Waals surface area (Å²) in [7, 11) is 5.00. The maximum absolute atomic E-state index is 13.0. The van der Waals surface area contributed by atoms with Crippen LogP contribution in [0.2, 0.25) is 0 Å². The number of nitrogens with zero attached hydrogens (tertiary/aromatic N) is 2. The summed E-state index contributed by atoms with van der Waals surface area (Å²) in [4.78, 5) is 29.0. The number of rotatable bonds is 24. The van der Waals surface area contributed by atoms with E-state index in [1.807, 2.05) is 0 Å². The summed E-state index contributed by atoms with van der Waals surface area (Å²) in [6.45, 7) is 5.39. The van der Waals surface area contributed by atoms with Crippen molar-refractivity contribution in [2.45, 2.75) is 103 Å². The lowest BCUT2D eigenvalue weighted by atomic mass is 10.1. The first kappa shape index (κ1) is 36.3. The molecule has 0 aromatic rings. The number of methoxy groups -OCH3 is 3. The molecule has 0 radical (unpaired) electrons. The van der Waals surface area contributed by atoms with Gasteiger partial charge < -0.3 is 23.8 Å². The van der Waals surface area contributed by atoms with Gasteiger partial charge in [0, 0.05) is 53.8 Å². The van der Waals surface area contributed by atoms with Crippen LogP contribution in [0, 0.1) is 0 Å². The minimum Gasteiger partial charge on any atom is -0.464 e. The van der Waals surface area contributed by atoms with Crippen LogP contribution in [0.5, 0.6) is 0 Å². The molecule has 40 heavy (non-hydrogen) atoms. The molecule has 1 rings (SSSR count). The number of amides is 1. The Balaban J connectivity index is 2.16. The first-order chi connectivity index (χ1) is 19.5. The molecule has 0 spiro atoms.